The Morgan fingerprint density at radius 2 is 1.83 bits per heavy atom. The number of nitrogens with zero attached hydrogens (tertiary/aromatic N) is 3. The molecule has 1 amide bonds. The molecule has 0 unspecified atom stereocenters. The van der Waals surface area contributed by atoms with Crippen LogP contribution in [0.3, 0.4) is 0 Å². The molecule has 7 nitrogen and oxygen atoms in total. The summed E-state index contributed by atoms with van der Waals surface area (Å²) in [4.78, 5) is 24.9. The number of anilines is 2. The second-order valence-electron chi connectivity index (χ2n) is 6.71. The van der Waals surface area contributed by atoms with Crippen LogP contribution in [0.25, 0.3) is 5.65 Å². The molecule has 146 valence electrons. The van der Waals surface area contributed by atoms with Crippen LogP contribution in [0.1, 0.15) is 15.9 Å². The van der Waals surface area contributed by atoms with Crippen LogP contribution >= 0.6 is 0 Å². The normalized spacial score (nSPS) is 10.8. The number of rotatable bonds is 6. The molecular formula is C22H21N5O2. The van der Waals surface area contributed by atoms with Gasteiger partial charge in [0.1, 0.15) is 0 Å². The molecule has 4 aromatic rings. The molecule has 0 aliphatic heterocycles. The summed E-state index contributed by atoms with van der Waals surface area (Å²) in [7, 11) is 0. The lowest BCUT2D eigenvalue weighted by molar-refractivity contribution is 0.102. The van der Waals surface area contributed by atoms with E-state index in [0.29, 0.717) is 24.3 Å². The fourth-order valence-electron chi connectivity index (χ4n) is 3.09. The molecule has 0 atom stereocenters. The van der Waals surface area contributed by atoms with Crippen molar-refractivity contribution in [2.75, 3.05) is 17.2 Å². The second-order valence-corrected chi connectivity index (χ2v) is 6.71. The van der Waals surface area contributed by atoms with Crippen LogP contribution in [0.2, 0.25) is 0 Å². The molecule has 0 spiro atoms. The number of fused-ring (bicyclic) bond motifs is 1. The van der Waals surface area contributed by atoms with E-state index in [2.05, 4.69) is 15.7 Å². The SMILES string of the molecule is Cc1ccc(C(=O)Nc2ccccc2)cc1NCCn1nc2ccccn2c1=O. The molecule has 4 rings (SSSR count). The van der Waals surface area contributed by atoms with Crippen LogP contribution in [0.5, 0.6) is 0 Å². The molecule has 2 aromatic heterocycles. The standard InChI is InChI=1S/C22H21N5O2/c1-16-10-11-17(21(28)24-18-7-3-2-4-8-18)15-19(16)23-12-14-27-22(29)26-13-6-5-9-20(26)25-27/h2-11,13,15,23H,12,14H2,1H3,(H,24,28). The Balaban J connectivity index is 1.44. The average Bonchev–Trinajstić information content (AvgIpc) is 3.06. The van der Waals surface area contributed by atoms with Crippen molar-refractivity contribution >= 4 is 22.9 Å². The van der Waals surface area contributed by atoms with Crippen molar-refractivity contribution in [3.63, 3.8) is 0 Å². The molecule has 2 heterocycles. The number of aryl methyl sites for hydroxylation is 1. The van der Waals surface area contributed by atoms with E-state index in [1.807, 2.05) is 55.5 Å². The van der Waals surface area contributed by atoms with Crippen molar-refractivity contribution in [3.05, 3.63) is 94.5 Å². The van der Waals surface area contributed by atoms with E-state index >= 15 is 0 Å². The average molecular weight is 387 g/mol. The van der Waals surface area contributed by atoms with Gasteiger partial charge in [-0.2, -0.15) is 0 Å². The number of para-hydroxylation sites is 1. The molecule has 0 radical (unpaired) electrons. The summed E-state index contributed by atoms with van der Waals surface area (Å²) in [5.41, 5.74) is 3.63. The molecule has 0 aliphatic rings. The Labute approximate surface area is 167 Å². The highest BCUT2D eigenvalue weighted by Gasteiger charge is 2.09. The number of hydrogen-bond acceptors (Lipinski definition) is 4. The van der Waals surface area contributed by atoms with E-state index in [1.54, 1.807) is 24.4 Å². The van der Waals surface area contributed by atoms with Crippen LogP contribution in [-0.4, -0.2) is 26.6 Å². The second kappa shape index (κ2) is 8.02. The third-order valence-electron chi connectivity index (χ3n) is 4.66. The first-order valence-electron chi connectivity index (χ1n) is 9.37. The highest BCUT2D eigenvalue weighted by molar-refractivity contribution is 6.04. The summed E-state index contributed by atoms with van der Waals surface area (Å²) in [5, 5.41) is 10.5. The van der Waals surface area contributed by atoms with Gasteiger partial charge in [0.25, 0.3) is 5.91 Å². The lowest BCUT2D eigenvalue weighted by Crippen LogP contribution is -2.24. The Morgan fingerprint density at radius 3 is 2.62 bits per heavy atom. The lowest BCUT2D eigenvalue weighted by Gasteiger charge is -2.12. The van der Waals surface area contributed by atoms with Gasteiger partial charge >= 0.3 is 5.69 Å². The zero-order valence-corrected chi connectivity index (χ0v) is 16.0. The Hall–Kier alpha value is -3.87. The first-order chi connectivity index (χ1) is 14.1. The predicted octanol–water partition coefficient (Wildman–Crippen LogP) is 3.17. The van der Waals surface area contributed by atoms with Gasteiger partial charge < -0.3 is 10.6 Å². The summed E-state index contributed by atoms with van der Waals surface area (Å²) in [6.07, 6.45) is 1.70. The van der Waals surface area contributed by atoms with Gasteiger partial charge in [0, 0.05) is 29.7 Å². The topological polar surface area (TPSA) is 80.4 Å². The summed E-state index contributed by atoms with van der Waals surface area (Å²) in [5.74, 6) is -0.171. The molecule has 0 fully saturated rings. The monoisotopic (exact) mass is 387 g/mol. The molecule has 2 N–H and O–H groups in total. The van der Waals surface area contributed by atoms with Gasteiger partial charge in [-0.15, -0.1) is 5.10 Å². The maximum Gasteiger partial charge on any atom is 0.350 e. The zero-order valence-electron chi connectivity index (χ0n) is 16.0. The molecule has 0 saturated carbocycles. The highest BCUT2D eigenvalue weighted by atomic mass is 16.2. The number of carbonyl (C=O) groups excluding carboxylic acids is 1. The predicted molar refractivity (Wildman–Crippen MR) is 114 cm³/mol. The van der Waals surface area contributed by atoms with E-state index in [-0.39, 0.29) is 11.6 Å². The molecule has 0 aliphatic carbocycles. The van der Waals surface area contributed by atoms with Crippen LogP contribution < -0.4 is 16.3 Å². The van der Waals surface area contributed by atoms with E-state index in [4.69, 9.17) is 0 Å². The van der Waals surface area contributed by atoms with Crippen molar-refractivity contribution in [3.8, 4) is 0 Å². The zero-order chi connectivity index (χ0) is 20.2. The number of pyridine rings is 1. The summed E-state index contributed by atoms with van der Waals surface area (Å²) in [6.45, 7) is 2.90. The van der Waals surface area contributed by atoms with E-state index in [0.717, 1.165) is 16.9 Å². The van der Waals surface area contributed by atoms with Crippen molar-refractivity contribution < 1.29 is 4.79 Å². The van der Waals surface area contributed by atoms with E-state index < -0.39 is 0 Å². The molecule has 2 aromatic carbocycles. The number of hydrogen-bond donors (Lipinski definition) is 2. The number of aromatic nitrogens is 3. The number of carbonyl (C=O) groups is 1. The van der Waals surface area contributed by atoms with Gasteiger partial charge in [-0.1, -0.05) is 30.3 Å². The van der Waals surface area contributed by atoms with Gasteiger partial charge in [-0.25, -0.2) is 9.48 Å². The van der Waals surface area contributed by atoms with E-state index in [9.17, 15) is 9.59 Å². The van der Waals surface area contributed by atoms with Crippen molar-refractivity contribution in [2.45, 2.75) is 13.5 Å². The fourth-order valence-corrected chi connectivity index (χ4v) is 3.09. The molecule has 7 heteroatoms. The van der Waals surface area contributed by atoms with Crippen LogP contribution in [0, 0.1) is 6.92 Å². The van der Waals surface area contributed by atoms with Gasteiger partial charge in [-0.05, 0) is 48.9 Å². The summed E-state index contributed by atoms with van der Waals surface area (Å²) in [6, 6.07) is 20.3. The molecule has 0 bridgehead atoms. The van der Waals surface area contributed by atoms with Gasteiger partial charge in [0.15, 0.2) is 5.65 Å². The van der Waals surface area contributed by atoms with Crippen LogP contribution in [-0.2, 0) is 6.54 Å². The molecular weight excluding hydrogens is 366 g/mol. The maximum absolute atomic E-state index is 12.5. The van der Waals surface area contributed by atoms with Crippen molar-refractivity contribution in [1.82, 2.24) is 14.2 Å². The van der Waals surface area contributed by atoms with Gasteiger partial charge in [0.05, 0.1) is 6.54 Å². The maximum atomic E-state index is 12.5. The van der Waals surface area contributed by atoms with Crippen LogP contribution in [0.4, 0.5) is 11.4 Å². The van der Waals surface area contributed by atoms with E-state index in [1.165, 1.54) is 9.08 Å². The smallest absolute Gasteiger partial charge is 0.350 e. The van der Waals surface area contributed by atoms with Crippen LogP contribution in [0.15, 0.2) is 77.7 Å². The molecule has 29 heavy (non-hydrogen) atoms. The highest BCUT2D eigenvalue weighted by Crippen LogP contribution is 2.18. The fraction of sp³-hybridized carbons (Fsp3) is 0.136. The Kier molecular flexibility index (Phi) is 5.11. The first-order valence-corrected chi connectivity index (χ1v) is 9.37. The largest absolute Gasteiger partial charge is 0.383 e. The third kappa shape index (κ3) is 4.03. The third-order valence-corrected chi connectivity index (χ3v) is 4.66. The summed E-state index contributed by atoms with van der Waals surface area (Å²) < 4.78 is 2.95. The molecule has 0 saturated heterocycles. The minimum atomic E-state index is -0.171. The summed E-state index contributed by atoms with van der Waals surface area (Å²) >= 11 is 0. The van der Waals surface area contributed by atoms with Crippen molar-refractivity contribution in [2.24, 2.45) is 0 Å². The Morgan fingerprint density at radius 1 is 1.03 bits per heavy atom. The minimum absolute atomic E-state index is 0.171. The quantitative estimate of drug-likeness (QED) is 0.533. The number of nitrogens with one attached hydrogen (secondary N) is 2. The van der Waals surface area contributed by atoms with Crippen molar-refractivity contribution in [1.29, 1.82) is 0 Å². The number of amides is 1. The first kappa shape index (κ1) is 18.5. The minimum Gasteiger partial charge on any atom is -0.383 e. The lowest BCUT2D eigenvalue weighted by atomic mass is 10.1. The number of benzene rings is 2. The van der Waals surface area contributed by atoms with Gasteiger partial charge in [0.2, 0.25) is 0 Å². The Bertz CT molecular complexity index is 1210. The van der Waals surface area contributed by atoms with Gasteiger partial charge in [-0.3, -0.25) is 9.20 Å².